The Morgan fingerprint density at radius 3 is 2.76 bits per heavy atom. The zero-order chi connectivity index (χ0) is 15.6. The second kappa shape index (κ2) is 5.72. The van der Waals surface area contributed by atoms with Crippen molar-refractivity contribution in [2.45, 2.75) is 17.2 Å². The fraction of sp³-hybridized carbons (Fsp3) is 0.250. The van der Waals surface area contributed by atoms with E-state index in [0.717, 1.165) is 6.07 Å². The molecule has 0 amide bonds. The number of hydrogen-bond donors (Lipinski definition) is 4. The molecule has 2 aromatic rings. The van der Waals surface area contributed by atoms with Crippen molar-refractivity contribution >= 4 is 32.0 Å². The maximum atomic E-state index is 12.2. The van der Waals surface area contributed by atoms with Gasteiger partial charge in [-0.2, -0.15) is 5.10 Å². The Morgan fingerprint density at radius 1 is 1.57 bits per heavy atom. The van der Waals surface area contributed by atoms with Crippen LogP contribution in [0.4, 0.5) is 10.7 Å². The molecule has 114 valence electrons. The van der Waals surface area contributed by atoms with Crippen LogP contribution in [0.1, 0.15) is 18.8 Å². The first-order valence-corrected chi connectivity index (χ1v) is 7.77. The molecular weight excluding hydrogens is 322 g/mol. The maximum Gasteiger partial charge on any atom is 0.306 e. The van der Waals surface area contributed by atoms with Crippen molar-refractivity contribution < 1.29 is 13.3 Å². The van der Waals surface area contributed by atoms with Crippen molar-refractivity contribution in [3.63, 3.8) is 0 Å². The van der Waals surface area contributed by atoms with E-state index in [0.29, 0.717) is 17.2 Å². The van der Waals surface area contributed by atoms with Gasteiger partial charge in [-0.25, -0.2) is 24.0 Å². The second-order valence-corrected chi connectivity index (χ2v) is 6.89. The molecule has 0 aliphatic carbocycles. The molecule has 13 heteroatoms. The smallest absolute Gasteiger partial charge is 0.306 e. The lowest BCUT2D eigenvalue weighted by Gasteiger charge is -2.09. The van der Waals surface area contributed by atoms with E-state index in [4.69, 9.17) is 5.84 Å². The first kappa shape index (κ1) is 15.3. The third-order valence-electron chi connectivity index (χ3n) is 2.46. The van der Waals surface area contributed by atoms with Crippen LogP contribution in [0.2, 0.25) is 0 Å². The van der Waals surface area contributed by atoms with Gasteiger partial charge < -0.3 is 5.43 Å². The van der Waals surface area contributed by atoms with Gasteiger partial charge in [0.25, 0.3) is 10.0 Å². The third-order valence-corrected chi connectivity index (χ3v) is 5.53. The molecule has 1 atom stereocenters. The number of H-pyrrole nitrogens is 1. The fourth-order valence-electron chi connectivity index (χ4n) is 1.50. The van der Waals surface area contributed by atoms with Crippen LogP contribution in [0, 0.1) is 10.1 Å². The van der Waals surface area contributed by atoms with Crippen LogP contribution in [-0.4, -0.2) is 28.5 Å². The van der Waals surface area contributed by atoms with Gasteiger partial charge in [0.15, 0.2) is 5.00 Å². The number of nitro groups is 1. The zero-order valence-electron chi connectivity index (χ0n) is 10.6. The number of nitrogens with two attached hydrogens (primary N) is 1. The number of aromatic amines is 1. The summed E-state index contributed by atoms with van der Waals surface area (Å²) in [4.78, 5) is 13.9. The Balaban J connectivity index is 2.29. The third kappa shape index (κ3) is 3.15. The summed E-state index contributed by atoms with van der Waals surface area (Å²) in [6, 6.07) is 0.267. The lowest BCUT2D eigenvalue weighted by atomic mass is 10.3. The Bertz CT molecular complexity index is 739. The number of rotatable bonds is 6. The summed E-state index contributed by atoms with van der Waals surface area (Å²) in [7, 11) is -3.95. The van der Waals surface area contributed by atoms with Crippen LogP contribution in [0.3, 0.4) is 0 Å². The monoisotopic (exact) mass is 333 g/mol. The van der Waals surface area contributed by atoms with Gasteiger partial charge in [0, 0.05) is 6.07 Å². The molecule has 21 heavy (non-hydrogen) atoms. The molecule has 0 saturated carbocycles. The highest BCUT2D eigenvalue weighted by Gasteiger charge is 2.27. The van der Waals surface area contributed by atoms with Crippen molar-refractivity contribution in [3.8, 4) is 0 Å². The summed E-state index contributed by atoms with van der Waals surface area (Å²) in [5.41, 5.74) is 1.70. The van der Waals surface area contributed by atoms with Gasteiger partial charge >= 0.3 is 5.69 Å². The van der Waals surface area contributed by atoms with Gasteiger partial charge in [0.2, 0.25) is 0 Å². The summed E-state index contributed by atoms with van der Waals surface area (Å²) in [5.74, 6) is 5.46. The Morgan fingerprint density at radius 2 is 2.29 bits per heavy atom. The Labute approximate surface area is 122 Å². The summed E-state index contributed by atoms with van der Waals surface area (Å²) >= 11 is 0.660. The van der Waals surface area contributed by atoms with E-state index >= 15 is 0 Å². The fourth-order valence-corrected chi connectivity index (χ4v) is 3.96. The molecule has 0 aliphatic rings. The van der Waals surface area contributed by atoms with Crippen molar-refractivity contribution in [2.24, 2.45) is 5.84 Å². The van der Waals surface area contributed by atoms with Gasteiger partial charge in [0.1, 0.15) is 16.4 Å². The number of nitrogens with one attached hydrogen (secondary N) is 3. The van der Waals surface area contributed by atoms with Crippen molar-refractivity contribution in [2.75, 3.05) is 5.43 Å². The lowest BCUT2D eigenvalue weighted by Crippen LogP contribution is -2.27. The molecule has 0 saturated heterocycles. The quantitative estimate of drug-likeness (QED) is 0.327. The number of hydrazine groups is 1. The minimum Gasteiger partial charge on any atom is -0.310 e. The van der Waals surface area contributed by atoms with E-state index in [1.807, 2.05) is 0 Å². The highest BCUT2D eigenvalue weighted by Crippen LogP contribution is 2.36. The first-order valence-electron chi connectivity index (χ1n) is 5.47. The van der Waals surface area contributed by atoms with Crippen LogP contribution < -0.4 is 16.0 Å². The van der Waals surface area contributed by atoms with Crippen molar-refractivity contribution in [1.29, 1.82) is 0 Å². The zero-order valence-corrected chi connectivity index (χ0v) is 12.2. The van der Waals surface area contributed by atoms with Crippen LogP contribution in [0.5, 0.6) is 0 Å². The first-order chi connectivity index (χ1) is 9.85. The van der Waals surface area contributed by atoms with Crippen LogP contribution in [-0.2, 0) is 10.0 Å². The minimum absolute atomic E-state index is 0.0484. The van der Waals surface area contributed by atoms with Crippen LogP contribution in [0.25, 0.3) is 0 Å². The van der Waals surface area contributed by atoms with Crippen molar-refractivity contribution in [3.05, 3.63) is 28.3 Å². The van der Waals surface area contributed by atoms with E-state index in [1.54, 1.807) is 6.92 Å². The molecule has 1 unspecified atom stereocenters. The van der Waals surface area contributed by atoms with Crippen LogP contribution >= 0.6 is 11.3 Å². The molecule has 0 radical (unpaired) electrons. The summed E-state index contributed by atoms with van der Waals surface area (Å²) in [6.07, 6.45) is 1.24. The lowest BCUT2D eigenvalue weighted by molar-refractivity contribution is -0.383. The van der Waals surface area contributed by atoms with E-state index in [2.05, 4.69) is 25.3 Å². The normalized spacial score (nSPS) is 13.0. The molecule has 2 heterocycles. The van der Waals surface area contributed by atoms with Gasteiger partial charge in [-0.1, -0.05) is 11.3 Å². The van der Waals surface area contributed by atoms with E-state index < -0.39 is 26.7 Å². The average molecular weight is 333 g/mol. The summed E-state index contributed by atoms with van der Waals surface area (Å²) in [5, 5.41) is 16.9. The number of sulfonamides is 1. The predicted molar refractivity (Wildman–Crippen MR) is 73.9 cm³/mol. The highest BCUT2D eigenvalue weighted by molar-refractivity contribution is 7.91. The predicted octanol–water partition coefficient (Wildman–Crippen LogP) is 0.0995. The topological polar surface area (TPSA) is 169 Å². The summed E-state index contributed by atoms with van der Waals surface area (Å²) in [6.45, 7) is 1.56. The molecule has 5 N–H and O–H groups in total. The molecule has 2 rings (SSSR count). The molecule has 0 fully saturated rings. The van der Waals surface area contributed by atoms with E-state index in [9.17, 15) is 18.5 Å². The molecule has 11 nitrogen and oxygen atoms in total. The van der Waals surface area contributed by atoms with Crippen LogP contribution in [0.15, 0.2) is 16.6 Å². The molecular formula is C8H11N7O4S2. The molecule has 2 aromatic heterocycles. The number of nitrogens with zero attached hydrogens (tertiary/aromatic N) is 3. The number of thiophene rings is 1. The maximum absolute atomic E-state index is 12.2. The number of hydrogen-bond acceptors (Lipinski definition) is 9. The number of nitrogen functional groups attached to an aromatic ring is 1. The van der Waals surface area contributed by atoms with Gasteiger partial charge in [-0.15, -0.1) is 0 Å². The molecule has 0 aliphatic heterocycles. The van der Waals surface area contributed by atoms with E-state index in [1.165, 1.54) is 6.33 Å². The molecule has 0 spiro atoms. The summed E-state index contributed by atoms with van der Waals surface area (Å²) < 4.78 is 26.5. The Kier molecular flexibility index (Phi) is 4.17. The largest absolute Gasteiger partial charge is 0.310 e. The molecule has 0 aromatic carbocycles. The standard InChI is InChI=1S/C8H11N7O4S2/c1-4(7-10-3-11-13-7)14-21(18,19)6-2-5(15(16)17)8(12-9)20-6/h2-4,12,14H,9H2,1H3,(H,10,11,13). The molecule has 0 bridgehead atoms. The van der Waals surface area contributed by atoms with Gasteiger partial charge in [0.05, 0.1) is 11.0 Å². The minimum atomic E-state index is -3.95. The Hall–Kier alpha value is -2.09. The average Bonchev–Trinajstić information content (AvgIpc) is 3.07. The van der Waals surface area contributed by atoms with E-state index in [-0.39, 0.29) is 9.21 Å². The SMILES string of the molecule is CC(NS(=O)(=O)c1cc([N+](=O)[O-])c(NN)s1)c1ncn[nH]1. The number of anilines is 1. The number of aromatic nitrogens is 3. The second-order valence-electron chi connectivity index (χ2n) is 3.89. The van der Waals surface area contributed by atoms with Crippen molar-refractivity contribution in [1.82, 2.24) is 19.9 Å². The van der Waals surface area contributed by atoms with Gasteiger partial charge in [-0.3, -0.25) is 15.2 Å². The van der Waals surface area contributed by atoms with Gasteiger partial charge in [-0.05, 0) is 6.92 Å². The highest BCUT2D eigenvalue weighted by atomic mass is 32.2.